The lowest BCUT2D eigenvalue weighted by Gasteiger charge is -2.29. The number of aromatic nitrogens is 3. The summed E-state index contributed by atoms with van der Waals surface area (Å²) in [4.78, 5) is 14.7. The molecule has 0 spiro atoms. The molecule has 0 amide bonds. The maximum Gasteiger partial charge on any atom is 0.243 e. The lowest BCUT2D eigenvalue weighted by atomic mass is 9.84. The maximum atomic E-state index is 5.42. The average molecular weight is 279 g/mol. The van der Waals surface area contributed by atoms with E-state index in [1.165, 1.54) is 32.1 Å². The molecule has 0 saturated heterocycles. The summed E-state index contributed by atoms with van der Waals surface area (Å²) in [7, 11) is 3.79. The van der Waals surface area contributed by atoms with Crippen molar-refractivity contribution in [1.29, 1.82) is 0 Å². The van der Waals surface area contributed by atoms with E-state index in [2.05, 4.69) is 32.6 Å². The molecule has 1 saturated carbocycles. The van der Waals surface area contributed by atoms with Gasteiger partial charge in [0.15, 0.2) is 0 Å². The van der Waals surface area contributed by atoms with E-state index < -0.39 is 0 Å². The predicted molar refractivity (Wildman–Crippen MR) is 81.6 cm³/mol. The van der Waals surface area contributed by atoms with E-state index >= 15 is 0 Å². The van der Waals surface area contributed by atoms with Crippen molar-refractivity contribution in [1.82, 2.24) is 15.0 Å². The fraction of sp³-hybridized carbons (Fsp3) is 0.769. The van der Waals surface area contributed by atoms with Crippen molar-refractivity contribution < 1.29 is 0 Å². The molecule has 4 N–H and O–H groups in total. The van der Waals surface area contributed by atoms with Crippen molar-refractivity contribution >= 4 is 17.8 Å². The molecule has 0 aliphatic heterocycles. The number of nitrogens with zero attached hydrogens (tertiary/aromatic N) is 4. The number of hydrazine groups is 1. The molecule has 1 aromatic heterocycles. The summed E-state index contributed by atoms with van der Waals surface area (Å²) in [5.41, 5.74) is 2.49. The van der Waals surface area contributed by atoms with Gasteiger partial charge >= 0.3 is 0 Å². The molecule has 0 radical (unpaired) electrons. The van der Waals surface area contributed by atoms with Crippen LogP contribution < -0.4 is 21.5 Å². The lowest BCUT2D eigenvalue weighted by molar-refractivity contribution is 0.326. The molecule has 20 heavy (non-hydrogen) atoms. The van der Waals surface area contributed by atoms with Gasteiger partial charge in [-0.05, 0) is 18.8 Å². The summed E-state index contributed by atoms with van der Waals surface area (Å²) in [6, 6.07) is 0.441. The van der Waals surface area contributed by atoms with Crippen LogP contribution in [0, 0.1) is 5.92 Å². The SMILES string of the molecule is CCC1CCCC(Nc2nc(NN)nc(N(C)C)n2)C1. The highest BCUT2D eigenvalue weighted by Gasteiger charge is 2.21. The molecule has 2 atom stereocenters. The number of nitrogens with two attached hydrogens (primary N) is 1. The molecule has 1 aromatic rings. The number of nitrogens with one attached hydrogen (secondary N) is 2. The highest BCUT2D eigenvalue weighted by atomic mass is 15.4. The zero-order valence-electron chi connectivity index (χ0n) is 12.6. The quantitative estimate of drug-likeness (QED) is 0.557. The lowest BCUT2D eigenvalue weighted by Crippen LogP contribution is -2.29. The van der Waals surface area contributed by atoms with Crippen LogP contribution in [0.25, 0.3) is 0 Å². The van der Waals surface area contributed by atoms with Crippen LogP contribution in [-0.4, -0.2) is 35.1 Å². The molecule has 0 aromatic carbocycles. The van der Waals surface area contributed by atoms with E-state index in [1.807, 2.05) is 19.0 Å². The fourth-order valence-corrected chi connectivity index (χ4v) is 2.67. The van der Waals surface area contributed by atoms with Gasteiger partial charge in [0.2, 0.25) is 17.8 Å². The maximum absolute atomic E-state index is 5.42. The molecule has 112 valence electrons. The van der Waals surface area contributed by atoms with E-state index in [1.54, 1.807) is 0 Å². The molecular weight excluding hydrogens is 254 g/mol. The van der Waals surface area contributed by atoms with Crippen LogP contribution in [0.5, 0.6) is 0 Å². The number of nitrogen functional groups attached to an aromatic ring is 1. The summed E-state index contributed by atoms with van der Waals surface area (Å²) in [5, 5.41) is 3.43. The largest absolute Gasteiger partial charge is 0.351 e. The van der Waals surface area contributed by atoms with Gasteiger partial charge in [-0.3, -0.25) is 5.43 Å². The Kier molecular flexibility index (Phi) is 4.94. The second-order valence-electron chi connectivity index (χ2n) is 5.60. The minimum absolute atomic E-state index is 0.383. The van der Waals surface area contributed by atoms with Gasteiger partial charge in [-0.2, -0.15) is 15.0 Å². The van der Waals surface area contributed by atoms with Crippen LogP contribution in [0.3, 0.4) is 0 Å². The first-order valence-corrected chi connectivity index (χ1v) is 7.29. The minimum Gasteiger partial charge on any atom is -0.351 e. The number of anilines is 3. The Morgan fingerprint density at radius 2 is 1.95 bits per heavy atom. The van der Waals surface area contributed by atoms with Crippen molar-refractivity contribution in [2.45, 2.75) is 45.1 Å². The van der Waals surface area contributed by atoms with E-state index in [0.29, 0.717) is 23.9 Å². The third-order valence-electron chi connectivity index (χ3n) is 3.85. The third kappa shape index (κ3) is 3.69. The molecule has 7 nitrogen and oxygen atoms in total. The molecule has 0 bridgehead atoms. The molecule has 2 rings (SSSR count). The first-order chi connectivity index (χ1) is 9.62. The van der Waals surface area contributed by atoms with Gasteiger partial charge < -0.3 is 10.2 Å². The van der Waals surface area contributed by atoms with E-state index in [-0.39, 0.29) is 0 Å². The van der Waals surface area contributed by atoms with Crippen LogP contribution in [0.2, 0.25) is 0 Å². The van der Waals surface area contributed by atoms with Gasteiger partial charge in [0.1, 0.15) is 0 Å². The molecule has 7 heteroatoms. The number of hydrogen-bond acceptors (Lipinski definition) is 7. The molecular formula is C13H25N7. The standard InChI is InChI=1S/C13H25N7/c1-4-9-6-5-7-10(8-9)15-11-16-12(19-14)18-13(17-11)20(2)3/h9-10H,4-8,14H2,1-3H3,(H2,15,16,17,18,19). The Morgan fingerprint density at radius 1 is 1.20 bits per heavy atom. The normalized spacial score (nSPS) is 22.4. The van der Waals surface area contributed by atoms with Crippen molar-refractivity contribution in [2.24, 2.45) is 11.8 Å². The predicted octanol–water partition coefficient (Wildman–Crippen LogP) is 1.60. The van der Waals surface area contributed by atoms with Gasteiger partial charge in [0.05, 0.1) is 0 Å². The van der Waals surface area contributed by atoms with E-state index in [9.17, 15) is 0 Å². The smallest absolute Gasteiger partial charge is 0.243 e. The Morgan fingerprint density at radius 3 is 2.60 bits per heavy atom. The van der Waals surface area contributed by atoms with Crippen molar-refractivity contribution in [2.75, 3.05) is 29.7 Å². The van der Waals surface area contributed by atoms with Crippen molar-refractivity contribution in [3.05, 3.63) is 0 Å². The highest BCUT2D eigenvalue weighted by Crippen LogP contribution is 2.28. The van der Waals surface area contributed by atoms with Gasteiger partial charge in [0.25, 0.3) is 0 Å². The minimum atomic E-state index is 0.383. The summed E-state index contributed by atoms with van der Waals surface area (Å²) in [6.45, 7) is 2.26. The first kappa shape index (κ1) is 14.8. The number of rotatable bonds is 5. The van der Waals surface area contributed by atoms with Gasteiger partial charge in [-0.25, -0.2) is 5.84 Å². The van der Waals surface area contributed by atoms with E-state index in [0.717, 1.165) is 5.92 Å². The van der Waals surface area contributed by atoms with Crippen LogP contribution in [-0.2, 0) is 0 Å². The fourth-order valence-electron chi connectivity index (χ4n) is 2.67. The second kappa shape index (κ2) is 6.69. The van der Waals surface area contributed by atoms with Crippen LogP contribution >= 0.6 is 0 Å². The Balaban J connectivity index is 2.09. The first-order valence-electron chi connectivity index (χ1n) is 7.29. The molecule has 2 unspecified atom stereocenters. The van der Waals surface area contributed by atoms with Crippen LogP contribution in [0.15, 0.2) is 0 Å². The summed E-state index contributed by atoms with van der Waals surface area (Å²) < 4.78 is 0. The number of hydrogen-bond donors (Lipinski definition) is 3. The Labute approximate surface area is 120 Å². The van der Waals surface area contributed by atoms with Gasteiger partial charge in [0, 0.05) is 20.1 Å². The topological polar surface area (TPSA) is 92.0 Å². The molecule has 1 fully saturated rings. The second-order valence-corrected chi connectivity index (χ2v) is 5.60. The van der Waals surface area contributed by atoms with Gasteiger partial charge in [-0.15, -0.1) is 0 Å². The molecule has 1 aliphatic rings. The zero-order valence-corrected chi connectivity index (χ0v) is 12.6. The van der Waals surface area contributed by atoms with Crippen LogP contribution in [0.4, 0.5) is 17.8 Å². The monoisotopic (exact) mass is 279 g/mol. The third-order valence-corrected chi connectivity index (χ3v) is 3.85. The highest BCUT2D eigenvalue weighted by molar-refractivity contribution is 5.42. The Hall–Kier alpha value is -1.63. The summed E-state index contributed by atoms with van der Waals surface area (Å²) in [6.07, 6.45) is 6.21. The van der Waals surface area contributed by atoms with E-state index in [4.69, 9.17) is 5.84 Å². The average Bonchev–Trinajstić information content (AvgIpc) is 2.47. The molecule has 1 heterocycles. The van der Waals surface area contributed by atoms with Crippen LogP contribution in [0.1, 0.15) is 39.0 Å². The zero-order chi connectivity index (χ0) is 14.5. The Bertz CT molecular complexity index is 435. The van der Waals surface area contributed by atoms with Crippen molar-refractivity contribution in [3.8, 4) is 0 Å². The summed E-state index contributed by atoms with van der Waals surface area (Å²) >= 11 is 0. The summed E-state index contributed by atoms with van der Waals surface area (Å²) in [5.74, 6) is 7.80. The van der Waals surface area contributed by atoms with Crippen molar-refractivity contribution in [3.63, 3.8) is 0 Å². The molecule has 1 aliphatic carbocycles. The van der Waals surface area contributed by atoms with Gasteiger partial charge in [-0.1, -0.05) is 26.2 Å².